The fraction of sp³-hybridized carbons (Fsp3) is 0.512. The SMILES string of the molecule is COc1cc(C)c(OC2CCC(C)(C(=O)OCc3cccc4ccccc34)CC2)cc1C(=O)N[C@H]1[C@@H](C(=O)N[C@H]2CCCC2(C)C)[C@@H]2C=C[C@H]1C2. The van der Waals surface area contributed by atoms with Gasteiger partial charge in [-0.1, -0.05) is 74.9 Å². The standard InChI is InChI=1S/C43H52N2O6/c1-26-22-35(49-5)33(39(46)45-38-29-16-15-28(23-29)37(38)40(47)44-36-14-9-19-42(36,2)3)24-34(26)51-31-17-20-43(4,21-18-31)41(48)50-25-30-12-8-11-27-10-6-7-13-32(27)30/h6-8,10-13,15-16,22,24,28-29,31,36-38H,9,14,17-21,23,25H2,1-5H3,(H,44,47)(H,45,46)/t28-,29+,31?,36+,37+,38-,43?/m1/s1. The molecule has 0 aliphatic heterocycles. The molecule has 0 radical (unpaired) electrons. The van der Waals surface area contributed by atoms with Crippen LogP contribution in [0.25, 0.3) is 10.8 Å². The second-order valence-corrected chi connectivity index (χ2v) is 16.3. The summed E-state index contributed by atoms with van der Waals surface area (Å²) in [5.41, 5.74) is 1.74. The Morgan fingerprint density at radius 3 is 2.35 bits per heavy atom. The minimum atomic E-state index is -0.587. The second-order valence-electron chi connectivity index (χ2n) is 16.3. The number of allylic oxidation sites excluding steroid dienone is 1. The summed E-state index contributed by atoms with van der Waals surface area (Å²) in [6, 6.07) is 17.7. The van der Waals surface area contributed by atoms with Gasteiger partial charge in [-0.25, -0.2) is 0 Å². The molecule has 2 amide bonds. The molecule has 4 aliphatic rings. The largest absolute Gasteiger partial charge is 0.496 e. The molecule has 0 heterocycles. The lowest BCUT2D eigenvalue weighted by atomic mass is 9.74. The fourth-order valence-corrected chi connectivity index (χ4v) is 9.07. The number of benzene rings is 3. The molecule has 8 nitrogen and oxygen atoms in total. The quantitative estimate of drug-likeness (QED) is 0.166. The number of esters is 1. The summed E-state index contributed by atoms with van der Waals surface area (Å²) in [7, 11) is 1.56. The lowest BCUT2D eigenvalue weighted by molar-refractivity contribution is -0.159. The molecule has 3 fully saturated rings. The van der Waals surface area contributed by atoms with Crippen molar-refractivity contribution in [1.82, 2.24) is 10.6 Å². The number of ether oxygens (including phenoxy) is 3. The molecule has 0 saturated heterocycles. The predicted molar refractivity (Wildman–Crippen MR) is 198 cm³/mol. The van der Waals surface area contributed by atoms with Gasteiger partial charge in [0.1, 0.15) is 18.1 Å². The van der Waals surface area contributed by atoms with Crippen molar-refractivity contribution in [2.45, 2.75) is 104 Å². The zero-order chi connectivity index (χ0) is 35.9. The molecule has 4 aliphatic carbocycles. The van der Waals surface area contributed by atoms with E-state index in [0.717, 1.165) is 47.6 Å². The van der Waals surface area contributed by atoms with Crippen LogP contribution in [-0.4, -0.2) is 43.1 Å². The molecule has 2 bridgehead atoms. The van der Waals surface area contributed by atoms with Gasteiger partial charge in [0.15, 0.2) is 0 Å². The molecule has 3 aromatic carbocycles. The van der Waals surface area contributed by atoms with Crippen LogP contribution in [0.2, 0.25) is 0 Å². The molecule has 0 unspecified atom stereocenters. The number of rotatable bonds is 10. The number of hydrogen-bond acceptors (Lipinski definition) is 6. The van der Waals surface area contributed by atoms with E-state index in [1.165, 1.54) is 0 Å². The van der Waals surface area contributed by atoms with Crippen molar-refractivity contribution < 1.29 is 28.6 Å². The van der Waals surface area contributed by atoms with Crippen LogP contribution in [0.15, 0.2) is 66.7 Å². The van der Waals surface area contributed by atoms with Crippen LogP contribution in [0.1, 0.15) is 93.6 Å². The maximum atomic E-state index is 14.0. The first-order chi connectivity index (χ1) is 24.5. The Balaban J connectivity index is 0.987. The number of carbonyl (C=O) groups excluding carboxylic acids is 3. The monoisotopic (exact) mass is 692 g/mol. The summed E-state index contributed by atoms with van der Waals surface area (Å²) in [6.07, 6.45) is 11.0. The zero-order valence-corrected chi connectivity index (χ0v) is 30.6. The van der Waals surface area contributed by atoms with Gasteiger partial charge in [-0.05, 0) is 110 Å². The first-order valence-electron chi connectivity index (χ1n) is 18.7. The Morgan fingerprint density at radius 2 is 1.61 bits per heavy atom. The van der Waals surface area contributed by atoms with Gasteiger partial charge < -0.3 is 24.8 Å². The summed E-state index contributed by atoms with van der Waals surface area (Å²) in [6.45, 7) is 8.63. The van der Waals surface area contributed by atoms with Crippen LogP contribution in [-0.2, 0) is 20.9 Å². The van der Waals surface area contributed by atoms with E-state index in [9.17, 15) is 14.4 Å². The van der Waals surface area contributed by atoms with E-state index in [4.69, 9.17) is 14.2 Å². The zero-order valence-electron chi connectivity index (χ0n) is 30.6. The van der Waals surface area contributed by atoms with Gasteiger partial charge in [-0.3, -0.25) is 14.4 Å². The van der Waals surface area contributed by atoms with Gasteiger partial charge in [-0.2, -0.15) is 0 Å². The fourth-order valence-electron chi connectivity index (χ4n) is 9.07. The summed E-state index contributed by atoms with van der Waals surface area (Å²) >= 11 is 0. The molecule has 0 spiro atoms. The predicted octanol–water partition coefficient (Wildman–Crippen LogP) is 7.84. The van der Waals surface area contributed by atoms with Crippen LogP contribution in [0.3, 0.4) is 0 Å². The third-order valence-corrected chi connectivity index (χ3v) is 12.4. The summed E-state index contributed by atoms with van der Waals surface area (Å²) in [4.78, 5) is 41.0. The maximum Gasteiger partial charge on any atom is 0.312 e. The normalized spacial score (nSPS) is 29.1. The lowest BCUT2D eigenvalue weighted by Crippen LogP contribution is -2.52. The van der Waals surface area contributed by atoms with Crippen molar-refractivity contribution in [3.63, 3.8) is 0 Å². The van der Waals surface area contributed by atoms with E-state index >= 15 is 0 Å². The summed E-state index contributed by atoms with van der Waals surface area (Å²) in [5.74, 6) is 0.620. The molecule has 8 heteroatoms. The number of nitrogens with one attached hydrogen (secondary N) is 2. The topological polar surface area (TPSA) is 103 Å². The minimum Gasteiger partial charge on any atom is -0.496 e. The Hall–Kier alpha value is -4.33. The minimum absolute atomic E-state index is 0.0405. The van der Waals surface area contributed by atoms with Crippen LogP contribution in [0.4, 0.5) is 0 Å². The van der Waals surface area contributed by atoms with Crippen LogP contribution < -0.4 is 20.1 Å². The van der Waals surface area contributed by atoms with E-state index in [0.29, 0.717) is 42.7 Å². The molecule has 270 valence electrons. The summed E-state index contributed by atoms with van der Waals surface area (Å²) in [5, 5.41) is 8.83. The highest BCUT2D eigenvalue weighted by Crippen LogP contribution is 2.46. The van der Waals surface area contributed by atoms with Crippen molar-refractivity contribution in [2.24, 2.45) is 28.6 Å². The van der Waals surface area contributed by atoms with Crippen LogP contribution in [0, 0.1) is 35.5 Å². The van der Waals surface area contributed by atoms with Crippen molar-refractivity contribution >= 4 is 28.6 Å². The highest BCUT2D eigenvalue weighted by Gasteiger charge is 2.50. The van der Waals surface area contributed by atoms with E-state index in [1.807, 2.05) is 44.2 Å². The van der Waals surface area contributed by atoms with Gasteiger partial charge >= 0.3 is 5.97 Å². The molecule has 5 atom stereocenters. The number of fused-ring (bicyclic) bond motifs is 3. The average molecular weight is 693 g/mol. The molecular formula is C43H52N2O6. The van der Waals surface area contributed by atoms with E-state index in [1.54, 1.807) is 13.2 Å². The number of carbonyl (C=O) groups is 3. The smallest absolute Gasteiger partial charge is 0.312 e. The third-order valence-electron chi connectivity index (χ3n) is 12.4. The molecule has 0 aromatic heterocycles. The van der Waals surface area contributed by atoms with Crippen LogP contribution in [0.5, 0.6) is 11.5 Å². The first kappa shape index (κ1) is 35.1. The number of hydrogen-bond donors (Lipinski definition) is 2. The second kappa shape index (κ2) is 14.0. The van der Waals surface area contributed by atoms with E-state index in [2.05, 4.69) is 54.8 Å². The van der Waals surface area contributed by atoms with E-state index < -0.39 is 5.41 Å². The van der Waals surface area contributed by atoms with Gasteiger partial charge in [0.2, 0.25) is 5.91 Å². The Kier molecular flexibility index (Phi) is 9.63. The number of aryl methyl sites for hydroxylation is 1. The molecular weight excluding hydrogens is 640 g/mol. The van der Waals surface area contributed by atoms with Gasteiger partial charge in [0.05, 0.1) is 30.1 Å². The number of methoxy groups -OCH3 is 1. The highest BCUT2D eigenvalue weighted by atomic mass is 16.5. The maximum absolute atomic E-state index is 14.0. The average Bonchev–Trinajstić information content (AvgIpc) is 3.83. The van der Waals surface area contributed by atoms with Crippen molar-refractivity contribution in [1.29, 1.82) is 0 Å². The molecule has 3 aromatic rings. The molecule has 51 heavy (non-hydrogen) atoms. The lowest BCUT2D eigenvalue weighted by Gasteiger charge is -2.35. The summed E-state index contributed by atoms with van der Waals surface area (Å²) < 4.78 is 18.1. The first-order valence-corrected chi connectivity index (χ1v) is 18.7. The van der Waals surface area contributed by atoms with Crippen molar-refractivity contribution in [3.05, 3.63) is 83.4 Å². The molecule has 3 saturated carbocycles. The van der Waals surface area contributed by atoms with Gasteiger partial charge in [0.25, 0.3) is 5.91 Å². The van der Waals surface area contributed by atoms with Crippen LogP contribution >= 0.6 is 0 Å². The van der Waals surface area contributed by atoms with Crippen molar-refractivity contribution in [2.75, 3.05) is 7.11 Å². The number of amides is 2. The Bertz CT molecular complexity index is 1830. The molecule has 2 N–H and O–H groups in total. The Labute approximate surface area is 301 Å². The molecule has 7 rings (SSSR count). The van der Waals surface area contributed by atoms with Gasteiger partial charge in [-0.15, -0.1) is 0 Å². The Morgan fingerprint density at radius 1 is 0.863 bits per heavy atom. The van der Waals surface area contributed by atoms with Crippen molar-refractivity contribution in [3.8, 4) is 11.5 Å². The van der Waals surface area contributed by atoms with Gasteiger partial charge in [0, 0.05) is 12.1 Å². The highest BCUT2D eigenvalue weighted by molar-refractivity contribution is 5.98. The third kappa shape index (κ3) is 6.98. The van der Waals surface area contributed by atoms with E-state index in [-0.39, 0.29) is 65.7 Å².